The lowest BCUT2D eigenvalue weighted by molar-refractivity contribution is -0.187. The minimum Gasteiger partial charge on any atom is -0.326 e. The van der Waals surface area contributed by atoms with E-state index in [1.807, 2.05) is 0 Å². The molecule has 42 heavy (non-hydrogen) atoms. The quantitative estimate of drug-likeness (QED) is 0.447. The third kappa shape index (κ3) is 6.27. The van der Waals surface area contributed by atoms with Gasteiger partial charge in [-0.05, 0) is 29.9 Å². The summed E-state index contributed by atoms with van der Waals surface area (Å²) in [4.78, 5) is 56.8. The molecule has 2 aliphatic rings. The van der Waals surface area contributed by atoms with E-state index in [1.165, 1.54) is 23.2 Å². The summed E-state index contributed by atoms with van der Waals surface area (Å²) in [6, 6.07) is 14.9. The number of carbonyl (C=O) groups is 4. The number of Topliss-reactive ketones (excluding diaryl/α,β-unsaturated/α-hetero) is 1. The third-order valence-electron chi connectivity index (χ3n) is 7.89. The Morgan fingerprint density at radius 3 is 2.02 bits per heavy atom. The summed E-state index contributed by atoms with van der Waals surface area (Å²) in [6.45, 7) is 4.40. The van der Waals surface area contributed by atoms with Crippen LogP contribution >= 0.6 is 0 Å². The van der Waals surface area contributed by atoms with Gasteiger partial charge in [-0.15, -0.1) is 0 Å². The third-order valence-corrected chi connectivity index (χ3v) is 7.89. The number of ketones is 1. The summed E-state index contributed by atoms with van der Waals surface area (Å²) < 4.78 is 43.5. The molecule has 0 bridgehead atoms. The van der Waals surface area contributed by atoms with Crippen molar-refractivity contribution in [3.8, 4) is 0 Å². The summed E-state index contributed by atoms with van der Waals surface area (Å²) in [7, 11) is 0. The molecule has 2 atom stereocenters. The predicted octanol–water partition coefficient (Wildman–Crippen LogP) is 5.47. The van der Waals surface area contributed by atoms with Gasteiger partial charge in [0.25, 0.3) is 11.7 Å². The lowest BCUT2D eigenvalue weighted by Crippen LogP contribution is -2.73. The van der Waals surface area contributed by atoms with Crippen molar-refractivity contribution in [2.45, 2.75) is 77.2 Å². The van der Waals surface area contributed by atoms with E-state index in [1.54, 1.807) is 62.4 Å². The van der Waals surface area contributed by atoms with Crippen molar-refractivity contribution in [3.05, 3.63) is 78.0 Å². The second kappa shape index (κ2) is 12.5. The monoisotopic (exact) mass is 583 g/mol. The number of amides is 3. The lowest BCUT2D eigenvalue weighted by atomic mass is 9.85. The Bertz CT molecular complexity index is 1340. The second-order valence-corrected chi connectivity index (χ2v) is 11.4. The van der Waals surface area contributed by atoms with E-state index in [4.69, 9.17) is 0 Å². The minimum atomic E-state index is -5.41. The smallest absolute Gasteiger partial charge is 0.326 e. The highest BCUT2D eigenvalue weighted by Gasteiger charge is 2.61. The maximum Gasteiger partial charge on any atom is 0.454 e. The second-order valence-electron chi connectivity index (χ2n) is 11.4. The molecule has 3 amide bonds. The summed E-state index contributed by atoms with van der Waals surface area (Å²) in [5, 5.41) is 2.27. The van der Waals surface area contributed by atoms with Crippen molar-refractivity contribution in [2.75, 3.05) is 0 Å². The van der Waals surface area contributed by atoms with Gasteiger partial charge in [0.15, 0.2) is 5.66 Å². The molecule has 4 rings (SSSR count). The number of alkyl halides is 3. The fraction of sp³-hybridized carbons (Fsp3) is 0.438. The van der Waals surface area contributed by atoms with Crippen LogP contribution in [0.2, 0.25) is 0 Å². The SMILES string of the molecule is CC(=O)NC(Cc1ccccc1)(C(=O)C(F)(F)F)N1C(=O)C(C(C)C)N(C(=O)C2CCCCC2)C=C1c1ccccc1. The summed E-state index contributed by atoms with van der Waals surface area (Å²) in [6.07, 6.45) is -0.614. The molecule has 2 aromatic carbocycles. The zero-order chi connectivity index (χ0) is 30.7. The highest BCUT2D eigenvalue weighted by molar-refractivity contribution is 6.05. The van der Waals surface area contributed by atoms with Crippen molar-refractivity contribution in [2.24, 2.45) is 11.8 Å². The molecule has 0 aromatic heterocycles. The Labute approximate surface area is 243 Å². The number of nitrogens with zero attached hydrogens (tertiary/aromatic N) is 2. The summed E-state index contributed by atoms with van der Waals surface area (Å²) in [5.74, 6) is -5.21. The van der Waals surface area contributed by atoms with Gasteiger partial charge in [0.1, 0.15) is 6.04 Å². The number of nitrogens with one attached hydrogen (secondary N) is 1. The molecular weight excluding hydrogens is 547 g/mol. The minimum absolute atomic E-state index is 0.0797. The molecule has 1 aliphatic carbocycles. The van der Waals surface area contributed by atoms with Crippen molar-refractivity contribution < 1.29 is 32.3 Å². The van der Waals surface area contributed by atoms with Crippen LogP contribution in [0.1, 0.15) is 64.0 Å². The molecule has 10 heteroatoms. The largest absolute Gasteiger partial charge is 0.454 e. The first-order valence-corrected chi connectivity index (χ1v) is 14.2. The molecule has 1 saturated carbocycles. The van der Waals surface area contributed by atoms with Gasteiger partial charge in [0, 0.05) is 25.5 Å². The summed E-state index contributed by atoms with van der Waals surface area (Å²) >= 11 is 0. The molecule has 0 radical (unpaired) electrons. The number of halogens is 3. The van der Waals surface area contributed by atoms with Gasteiger partial charge >= 0.3 is 6.18 Å². The fourth-order valence-corrected chi connectivity index (χ4v) is 6.05. The van der Waals surface area contributed by atoms with E-state index in [0.717, 1.165) is 31.1 Å². The molecular formula is C32H36F3N3O4. The zero-order valence-corrected chi connectivity index (χ0v) is 24.0. The Balaban J connectivity index is 2.02. The molecule has 0 saturated heterocycles. The highest BCUT2D eigenvalue weighted by Crippen LogP contribution is 2.40. The molecule has 0 spiro atoms. The number of carbonyl (C=O) groups excluding carboxylic acids is 4. The molecule has 1 fully saturated rings. The Kier molecular flexibility index (Phi) is 9.23. The van der Waals surface area contributed by atoms with Crippen molar-refractivity contribution >= 4 is 29.2 Å². The van der Waals surface area contributed by atoms with Crippen LogP contribution in [-0.4, -0.2) is 51.2 Å². The van der Waals surface area contributed by atoms with Crippen LogP contribution in [0.3, 0.4) is 0 Å². The van der Waals surface area contributed by atoms with Gasteiger partial charge < -0.3 is 10.2 Å². The number of rotatable bonds is 8. The first-order valence-electron chi connectivity index (χ1n) is 14.2. The van der Waals surface area contributed by atoms with Gasteiger partial charge in [-0.1, -0.05) is 93.8 Å². The highest BCUT2D eigenvalue weighted by atomic mass is 19.4. The zero-order valence-electron chi connectivity index (χ0n) is 24.0. The normalized spacial score (nSPS) is 19.7. The van der Waals surface area contributed by atoms with Crippen LogP contribution in [0.25, 0.3) is 5.70 Å². The van der Waals surface area contributed by atoms with Crippen LogP contribution < -0.4 is 5.32 Å². The first kappa shape index (κ1) is 31.0. The maximum atomic E-state index is 14.6. The molecule has 7 nitrogen and oxygen atoms in total. The molecule has 1 aliphatic heterocycles. The van der Waals surface area contributed by atoms with Crippen molar-refractivity contribution in [1.29, 1.82) is 0 Å². The van der Waals surface area contributed by atoms with Gasteiger partial charge in [-0.2, -0.15) is 13.2 Å². The van der Waals surface area contributed by atoms with Gasteiger partial charge in [-0.3, -0.25) is 24.1 Å². The van der Waals surface area contributed by atoms with E-state index >= 15 is 0 Å². The Morgan fingerprint density at radius 1 is 0.929 bits per heavy atom. The molecule has 224 valence electrons. The average molecular weight is 584 g/mol. The van der Waals surface area contributed by atoms with Crippen LogP contribution in [0.15, 0.2) is 66.9 Å². The van der Waals surface area contributed by atoms with Crippen molar-refractivity contribution in [1.82, 2.24) is 15.1 Å². The lowest BCUT2D eigenvalue weighted by Gasteiger charge is -2.50. The summed E-state index contributed by atoms with van der Waals surface area (Å²) in [5.41, 5.74) is -2.33. The van der Waals surface area contributed by atoms with Gasteiger partial charge in [-0.25, -0.2) is 0 Å². The van der Waals surface area contributed by atoms with Gasteiger partial charge in [0.2, 0.25) is 11.8 Å². The van der Waals surface area contributed by atoms with E-state index in [0.29, 0.717) is 24.0 Å². The van der Waals surface area contributed by atoms with E-state index in [9.17, 15) is 32.3 Å². The van der Waals surface area contributed by atoms with Crippen LogP contribution in [0.5, 0.6) is 0 Å². The molecule has 2 aromatic rings. The predicted molar refractivity (Wildman–Crippen MR) is 151 cm³/mol. The number of benzene rings is 2. The van der Waals surface area contributed by atoms with E-state index in [-0.39, 0.29) is 17.5 Å². The molecule has 2 unspecified atom stereocenters. The van der Waals surface area contributed by atoms with Crippen LogP contribution in [-0.2, 0) is 25.6 Å². The number of hydrogen-bond acceptors (Lipinski definition) is 4. The van der Waals surface area contributed by atoms with Crippen LogP contribution in [0.4, 0.5) is 13.2 Å². The van der Waals surface area contributed by atoms with Crippen molar-refractivity contribution in [3.63, 3.8) is 0 Å². The molecule has 1 heterocycles. The average Bonchev–Trinajstić information content (AvgIpc) is 2.96. The number of hydrogen-bond donors (Lipinski definition) is 1. The topological polar surface area (TPSA) is 86.8 Å². The Morgan fingerprint density at radius 2 is 1.50 bits per heavy atom. The van der Waals surface area contributed by atoms with Crippen LogP contribution in [0, 0.1) is 11.8 Å². The first-order chi connectivity index (χ1) is 19.9. The maximum absolute atomic E-state index is 14.6. The van der Waals surface area contributed by atoms with E-state index < -0.39 is 47.8 Å². The van der Waals surface area contributed by atoms with Gasteiger partial charge in [0.05, 0.1) is 5.70 Å². The van der Waals surface area contributed by atoms with E-state index in [2.05, 4.69) is 5.32 Å². The Hall–Kier alpha value is -3.95. The molecule has 1 N–H and O–H groups in total. The fourth-order valence-electron chi connectivity index (χ4n) is 6.05. The standard InChI is InChI=1S/C32H36F3N3O4/c1-21(2)27-29(41)38(31(36-22(3)39,30(42)32(33,34)35)19-23-13-7-4-8-14-23)26(24-15-9-5-10-16-24)20-37(27)28(40)25-17-11-6-12-18-25/h4-5,7-10,13-16,20-21,25,27H,6,11-12,17-19H2,1-3H3,(H,36,39).